The molecule has 0 rings (SSSR count). The summed E-state index contributed by atoms with van der Waals surface area (Å²) in [5, 5.41) is 3.19. The van der Waals surface area contributed by atoms with Gasteiger partial charge in [-0.1, -0.05) is 6.92 Å². The Bertz CT molecular complexity index is 122. The van der Waals surface area contributed by atoms with Crippen LogP contribution in [0.1, 0.15) is 13.8 Å². The van der Waals surface area contributed by atoms with Crippen LogP contribution in [0.5, 0.6) is 0 Å². The standard InChI is InChI=1S/C12H27NO4/c1-3-13-5-6-15-9-10-17-12-11-16-8-7-14-4-2/h13H,3-12H2,1-2H3. The van der Waals surface area contributed by atoms with Crippen LogP contribution in [0, 0.1) is 0 Å². The van der Waals surface area contributed by atoms with Crippen molar-refractivity contribution in [1.82, 2.24) is 5.32 Å². The monoisotopic (exact) mass is 249 g/mol. The van der Waals surface area contributed by atoms with Crippen molar-refractivity contribution in [2.24, 2.45) is 0 Å². The van der Waals surface area contributed by atoms with Crippen molar-refractivity contribution in [1.29, 1.82) is 0 Å². The largest absolute Gasteiger partial charge is 0.379 e. The second kappa shape index (κ2) is 15.8. The van der Waals surface area contributed by atoms with E-state index in [4.69, 9.17) is 18.9 Å². The van der Waals surface area contributed by atoms with Crippen molar-refractivity contribution in [3.05, 3.63) is 0 Å². The molecule has 17 heavy (non-hydrogen) atoms. The van der Waals surface area contributed by atoms with Crippen molar-refractivity contribution in [3.8, 4) is 0 Å². The van der Waals surface area contributed by atoms with Gasteiger partial charge in [0.1, 0.15) is 0 Å². The van der Waals surface area contributed by atoms with E-state index < -0.39 is 0 Å². The third kappa shape index (κ3) is 15.8. The van der Waals surface area contributed by atoms with Crippen LogP contribution >= 0.6 is 0 Å². The van der Waals surface area contributed by atoms with Gasteiger partial charge in [0.2, 0.25) is 0 Å². The third-order valence-electron chi connectivity index (χ3n) is 1.99. The first-order valence-electron chi connectivity index (χ1n) is 6.43. The zero-order valence-electron chi connectivity index (χ0n) is 11.2. The van der Waals surface area contributed by atoms with E-state index in [-0.39, 0.29) is 0 Å². The summed E-state index contributed by atoms with van der Waals surface area (Å²) < 4.78 is 21.1. The molecule has 0 heterocycles. The summed E-state index contributed by atoms with van der Waals surface area (Å²) in [4.78, 5) is 0. The minimum atomic E-state index is 0.614. The van der Waals surface area contributed by atoms with Gasteiger partial charge in [0.25, 0.3) is 0 Å². The van der Waals surface area contributed by atoms with Crippen LogP contribution in [0.25, 0.3) is 0 Å². The van der Waals surface area contributed by atoms with Crippen LogP contribution in [-0.4, -0.2) is 65.9 Å². The first kappa shape index (κ1) is 16.8. The molecule has 0 spiro atoms. The van der Waals surface area contributed by atoms with E-state index in [1.54, 1.807) is 0 Å². The van der Waals surface area contributed by atoms with Gasteiger partial charge in [-0.2, -0.15) is 0 Å². The van der Waals surface area contributed by atoms with Crippen molar-refractivity contribution >= 4 is 0 Å². The molecular formula is C12H27NO4. The summed E-state index contributed by atoms with van der Waals surface area (Å²) in [7, 11) is 0. The molecule has 0 fully saturated rings. The summed E-state index contributed by atoms with van der Waals surface area (Å²) in [5.74, 6) is 0. The van der Waals surface area contributed by atoms with E-state index in [1.165, 1.54) is 0 Å². The van der Waals surface area contributed by atoms with Crippen molar-refractivity contribution in [3.63, 3.8) is 0 Å². The normalized spacial score (nSPS) is 10.9. The lowest BCUT2D eigenvalue weighted by atomic mass is 10.6. The highest BCUT2D eigenvalue weighted by molar-refractivity contribution is 4.40. The predicted octanol–water partition coefficient (Wildman–Crippen LogP) is 0.682. The molecule has 0 saturated carbocycles. The Balaban J connectivity index is 2.85. The molecule has 0 bridgehead atoms. The SMILES string of the molecule is CCNCCOCCOCCOCCOCC. The molecule has 0 aliphatic carbocycles. The van der Waals surface area contributed by atoms with E-state index >= 15 is 0 Å². The number of hydrogen-bond donors (Lipinski definition) is 1. The molecule has 0 aliphatic heterocycles. The number of ether oxygens (including phenoxy) is 4. The molecule has 0 atom stereocenters. The molecule has 5 nitrogen and oxygen atoms in total. The Labute approximate surface area is 105 Å². The van der Waals surface area contributed by atoms with E-state index in [0.717, 1.165) is 26.3 Å². The molecule has 0 amide bonds. The lowest BCUT2D eigenvalue weighted by Gasteiger charge is -2.07. The van der Waals surface area contributed by atoms with Crippen LogP contribution in [-0.2, 0) is 18.9 Å². The van der Waals surface area contributed by atoms with Gasteiger partial charge in [-0.3, -0.25) is 0 Å². The summed E-state index contributed by atoms with van der Waals surface area (Å²) in [6.07, 6.45) is 0. The molecule has 5 heteroatoms. The van der Waals surface area contributed by atoms with Gasteiger partial charge >= 0.3 is 0 Å². The summed E-state index contributed by atoms with van der Waals surface area (Å²) in [5.41, 5.74) is 0. The highest BCUT2D eigenvalue weighted by Crippen LogP contribution is 1.82. The molecule has 1 N–H and O–H groups in total. The fraction of sp³-hybridized carbons (Fsp3) is 1.00. The van der Waals surface area contributed by atoms with Gasteiger partial charge in [-0.25, -0.2) is 0 Å². The van der Waals surface area contributed by atoms with Gasteiger partial charge in [0, 0.05) is 13.2 Å². The Kier molecular flexibility index (Phi) is 15.6. The first-order chi connectivity index (χ1) is 8.41. The summed E-state index contributed by atoms with van der Waals surface area (Å²) in [6.45, 7) is 11.2. The zero-order chi connectivity index (χ0) is 12.6. The number of likely N-dealkylation sites (N-methyl/N-ethyl adjacent to an activating group) is 1. The number of hydrogen-bond acceptors (Lipinski definition) is 5. The van der Waals surface area contributed by atoms with Crippen molar-refractivity contribution in [2.45, 2.75) is 13.8 Å². The molecule has 0 unspecified atom stereocenters. The Morgan fingerprint density at radius 2 is 1.12 bits per heavy atom. The van der Waals surface area contributed by atoms with Crippen molar-refractivity contribution < 1.29 is 18.9 Å². The summed E-state index contributed by atoms with van der Waals surface area (Å²) in [6, 6.07) is 0. The minimum absolute atomic E-state index is 0.614. The van der Waals surface area contributed by atoms with Gasteiger partial charge < -0.3 is 24.3 Å². The van der Waals surface area contributed by atoms with E-state index in [0.29, 0.717) is 39.6 Å². The van der Waals surface area contributed by atoms with Gasteiger partial charge in [-0.05, 0) is 13.5 Å². The second-order valence-corrected chi connectivity index (χ2v) is 3.39. The Morgan fingerprint density at radius 3 is 1.59 bits per heavy atom. The number of nitrogens with one attached hydrogen (secondary N) is 1. The smallest absolute Gasteiger partial charge is 0.0701 e. The highest BCUT2D eigenvalue weighted by Gasteiger charge is 1.91. The zero-order valence-corrected chi connectivity index (χ0v) is 11.2. The molecule has 0 aromatic carbocycles. The summed E-state index contributed by atoms with van der Waals surface area (Å²) >= 11 is 0. The molecule has 0 radical (unpaired) electrons. The average Bonchev–Trinajstić information content (AvgIpc) is 2.35. The topological polar surface area (TPSA) is 49.0 Å². The maximum atomic E-state index is 5.35. The van der Waals surface area contributed by atoms with E-state index in [2.05, 4.69) is 12.2 Å². The molecule has 0 aliphatic rings. The quantitative estimate of drug-likeness (QED) is 0.459. The third-order valence-corrected chi connectivity index (χ3v) is 1.99. The first-order valence-corrected chi connectivity index (χ1v) is 6.43. The second-order valence-electron chi connectivity index (χ2n) is 3.39. The maximum Gasteiger partial charge on any atom is 0.0701 e. The van der Waals surface area contributed by atoms with Gasteiger partial charge in [0.05, 0.1) is 46.2 Å². The minimum Gasteiger partial charge on any atom is -0.379 e. The van der Waals surface area contributed by atoms with E-state index in [9.17, 15) is 0 Å². The fourth-order valence-electron chi connectivity index (χ4n) is 1.13. The lowest BCUT2D eigenvalue weighted by molar-refractivity contribution is -0.0000711. The van der Waals surface area contributed by atoms with Crippen molar-refractivity contribution in [2.75, 3.05) is 65.9 Å². The molecule has 0 aromatic heterocycles. The molecule has 0 aromatic rings. The molecule has 104 valence electrons. The fourth-order valence-corrected chi connectivity index (χ4v) is 1.13. The lowest BCUT2D eigenvalue weighted by Crippen LogP contribution is -2.20. The molecule has 0 saturated heterocycles. The average molecular weight is 249 g/mol. The van der Waals surface area contributed by atoms with Crippen LogP contribution in [0.4, 0.5) is 0 Å². The number of rotatable bonds is 14. The van der Waals surface area contributed by atoms with Crippen LogP contribution in [0.3, 0.4) is 0 Å². The van der Waals surface area contributed by atoms with Crippen LogP contribution in [0.15, 0.2) is 0 Å². The van der Waals surface area contributed by atoms with Crippen LogP contribution < -0.4 is 5.32 Å². The maximum absolute atomic E-state index is 5.35. The molecular weight excluding hydrogens is 222 g/mol. The highest BCUT2D eigenvalue weighted by atomic mass is 16.6. The van der Waals surface area contributed by atoms with Crippen LogP contribution in [0.2, 0.25) is 0 Å². The van der Waals surface area contributed by atoms with Gasteiger partial charge in [0.15, 0.2) is 0 Å². The van der Waals surface area contributed by atoms with Gasteiger partial charge in [-0.15, -0.1) is 0 Å². The van der Waals surface area contributed by atoms with E-state index in [1.807, 2.05) is 6.92 Å². The predicted molar refractivity (Wildman–Crippen MR) is 67.5 cm³/mol. The Morgan fingerprint density at radius 1 is 0.647 bits per heavy atom. The Hall–Kier alpha value is -0.200.